The number of fused-ring (bicyclic) bond motifs is 1. The maximum absolute atomic E-state index is 5.49. The maximum Gasteiger partial charge on any atom is 0.176 e. The van der Waals surface area contributed by atoms with Gasteiger partial charge in [-0.3, -0.25) is 5.10 Å². The zero-order chi connectivity index (χ0) is 21.8. The number of hydrogen-bond acceptors (Lipinski definition) is 5. The molecule has 0 radical (unpaired) electrons. The van der Waals surface area contributed by atoms with Crippen LogP contribution in [-0.2, 0) is 0 Å². The second-order valence-electron chi connectivity index (χ2n) is 7.04. The lowest BCUT2D eigenvalue weighted by atomic mass is 10.1. The molecule has 0 atom stereocenters. The van der Waals surface area contributed by atoms with Gasteiger partial charge in [0.1, 0.15) is 0 Å². The van der Waals surface area contributed by atoms with Gasteiger partial charge in [-0.15, -0.1) is 10.2 Å². The maximum atomic E-state index is 5.49. The molecule has 0 amide bonds. The molecule has 0 aliphatic carbocycles. The van der Waals surface area contributed by atoms with Crippen LogP contribution in [0.1, 0.15) is 0 Å². The Kier molecular flexibility index (Phi) is 5.42. The zero-order valence-electron chi connectivity index (χ0n) is 16.9. The molecule has 2 heterocycles. The lowest BCUT2D eigenvalue weighted by Gasteiger charge is -2.14. The summed E-state index contributed by atoms with van der Waals surface area (Å²) >= 11 is 5.49. The number of rotatable bonds is 5. The highest BCUT2D eigenvalue weighted by Gasteiger charge is 2.09. The third-order valence-corrected chi connectivity index (χ3v) is 5.08. The SMILES string of the molecule is S=C(Nc1ccc(-c2ccccc2)nn1)Nc1ccccc1Nc1n[nH]c2ccccc12. The monoisotopic (exact) mass is 437 g/mol. The molecule has 0 aliphatic heterocycles. The van der Waals surface area contributed by atoms with E-state index in [9.17, 15) is 0 Å². The number of nitrogens with one attached hydrogen (secondary N) is 4. The topological polar surface area (TPSA) is 90.6 Å². The normalized spacial score (nSPS) is 10.6. The minimum atomic E-state index is 0.410. The molecule has 3 aromatic carbocycles. The summed E-state index contributed by atoms with van der Waals surface area (Å²) in [5.41, 5.74) is 4.44. The Hall–Kier alpha value is -4.30. The van der Waals surface area contributed by atoms with Crippen molar-refractivity contribution in [3.63, 3.8) is 0 Å². The van der Waals surface area contributed by atoms with Crippen molar-refractivity contribution in [2.45, 2.75) is 0 Å². The smallest absolute Gasteiger partial charge is 0.176 e. The van der Waals surface area contributed by atoms with Crippen molar-refractivity contribution in [1.29, 1.82) is 0 Å². The molecule has 2 aromatic heterocycles. The van der Waals surface area contributed by atoms with Crippen LogP contribution in [0, 0.1) is 0 Å². The molecule has 156 valence electrons. The fourth-order valence-corrected chi connectivity index (χ4v) is 3.53. The molecule has 0 saturated carbocycles. The van der Waals surface area contributed by atoms with Gasteiger partial charge in [0.25, 0.3) is 0 Å². The molecule has 0 spiro atoms. The van der Waals surface area contributed by atoms with Crippen LogP contribution in [0.25, 0.3) is 22.2 Å². The summed E-state index contributed by atoms with van der Waals surface area (Å²) in [5, 5.41) is 27.0. The van der Waals surface area contributed by atoms with E-state index in [4.69, 9.17) is 12.2 Å². The molecule has 0 aliphatic rings. The van der Waals surface area contributed by atoms with E-state index in [1.54, 1.807) is 0 Å². The Labute approximate surface area is 189 Å². The molecule has 5 rings (SSSR count). The number of benzene rings is 3. The van der Waals surface area contributed by atoms with E-state index < -0.39 is 0 Å². The highest BCUT2D eigenvalue weighted by Crippen LogP contribution is 2.28. The van der Waals surface area contributed by atoms with Gasteiger partial charge >= 0.3 is 0 Å². The average Bonchev–Trinajstić information content (AvgIpc) is 3.24. The van der Waals surface area contributed by atoms with Gasteiger partial charge in [0.15, 0.2) is 16.7 Å². The van der Waals surface area contributed by atoms with Crippen LogP contribution in [0.2, 0.25) is 0 Å². The largest absolute Gasteiger partial charge is 0.337 e. The van der Waals surface area contributed by atoms with Crippen molar-refractivity contribution in [2.24, 2.45) is 0 Å². The van der Waals surface area contributed by atoms with E-state index in [2.05, 4.69) is 36.3 Å². The van der Waals surface area contributed by atoms with E-state index in [1.807, 2.05) is 91.0 Å². The minimum absolute atomic E-state index is 0.410. The van der Waals surface area contributed by atoms with Crippen molar-refractivity contribution < 1.29 is 0 Å². The molecule has 7 nitrogen and oxygen atoms in total. The first-order valence-corrected chi connectivity index (χ1v) is 10.4. The molecule has 0 bridgehead atoms. The van der Waals surface area contributed by atoms with Crippen LogP contribution in [0.4, 0.5) is 23.0 Å². The third-order valence-electron chi connectivity index (χ3n) is 4.87. The Morgan fingerprint density at radius 3 is 2.28 bits per heavy atom. The molecule has 5 aromatic rings. The summed E-state index contributed by atoms with van der Waals surface area (Å²) in [6, 6.07) is 29.4. The quantitative estimate of drug-likeness (QED) is 0.267. The van der Waals surface area contributed by atoms with Crippen LogP contribution in [0.15, 0.2) is 91.0 Å². The molecule has 4 N–H and O–H groups in total. The van der Waals surface area contributed by atoms with E-state index in [0.717, 1.165) is 39.4 Å². The Morgan fingerprint density at radius 2 is 1.47 bits per heavy atom. The minimum Gasteiger partial charge on any atom is -0.337 e. The van der Waals surface area contributed by atoms with Crippen molar-refractivity contribution in [1.82, 2.24) is 20.4 Å². The van der Waals surface area contributed by atoms with Gasteiger partial charge < -0.3 is 16.0 Å². The van der Waals surface area contributed by atoms with Gasteiger partial charge in [0.05, 0.1) is 22.6 Å². The molecular formula is C24H19N7S. The van der Waals surface area contributed by atoms with E-state index >= 15 is 0 Å². The Morgan fingerprint density at radius 1 is 0.719 bits per heavy atom. The average molecular weight is 438 g/mol. The molecule has 32 heavy (non-hydrogen) atoms. The Balaban J connectivity index is 1.29. The van der Waals surface area contributed by atoms with Gasteiger partial charge in [0.2, 0.25) is 0 Å². The van der Waals surface area contributed by atoms with Crippen LogP contribution in [0.3, 0.4) is 0 Å². The fourth-order valence-electron chi connectivity index (χ4n) is 3.32. The lowest BCUT2D eigenvalue weighted by Crippen LogP contribution is -2.20. The second-order valence-corrected chi connectivity index (χ2v) is 7.45. The number of aromatic nitrogens is 4. The molecule has 0 fully saturated rings. The number of thiocarbonyl (C=S) groups is 1. The van der Waals surface area contributed by atoms with Gasteiger partial charge in [-0.05, 0) is 48.6 Å². The predicted octanol–water partition coefficient (Wildman–Crippen LogP) is 5.57. The summed E-state index contributed by atoms with van der Waals surface area (Å²) < 4.78 is 0. The van der Waals surface area contributed by atoms with Crippen LogP contribution in [0.5, 0.6) is 0 Å². The number of para-hydroxylation sites is 3. The van der Waals surface area contributed by atoms with E-state index in [0.29, 0.717) is 10.9 Å². The highest BCUT2D eigenvalue weighted by molar-refractivity contribution is 7.80. The predicted molar refractivity (Wildman–Crippen MR) is 133 cm³/mol. The van der Waals surface area contributed by atoms with E-state index in [-0.39, 0.29) is 0 Å². The summed E-state index contributed by atoms with van der Waals surface area (Å²) in [4.78, 5) is 0. The lowest BCUT2D eigenvalue weighted by molar-refractivity contribution is 1.05. The fraction of sp³-hybridized carbons (Fsp3) is 0. The Bertz CT molecular complexity index is 1360. The zero-order valence-corrected chi connectivity index (χ0v) is 17.7. The highest BCUT2D eigenvalue weighted by atomic mass is 32.1. The van der Waals surface area contributed by atoms with Crippen molar-refractivity contribution in [3.8, 4) is 11.3 Å². The molecule has 8 heteroatoms. The van der Waals surface area contributed by atoms with Crippen molar-refractivity contribution in [2.75, 3.05) is 16.0 Å². The van der Waals surface area contributed by atoms with Gasteiger partial charge in [0, 0.05) is 10.9 Å². The second kappa shape index (κ2) is 8.83. The molecule has 0 unspecified atom stereocenters. The number of hydrogen-bond donors (Lipinski definition) is 4. The van der Waals surface area contributed by atoms with Gasteiger partial charge in [-0.2, -0.15) is 5.10 Å². The third kappa shape index (κ3) is 4.26. The number of H-pyrrole nitrogens is 1. The summed E-state index contributed by atoms with van der Waals surface area (Å²) in [7, 11) is 0. The van der Waals surface area contributed by atoms with Crippen LogP contribution < -0.4 is 16.0 Å². The van der Waals surface area contributed by atoms with Gasteiger partial charge in [-0.1, -0.05) is 54.6 Å². The first kappa shape index (κ1) is 19.7. The molecule has 0 saturated heterocycles. The first-order valence-electron chi connectivity index (χ1n) is 10.0. The van der Waals surface area contributed by atoms with Crippen molar-refractivity contribution in [3.05, 3.63) is 91.0 Å². The first-order chi connectivity index (χ1) is 15.8. The number of aromatic amines is 1. The number of nitrogens with zero attached hydrogens (tertiary/aromatic N) is 3. The standard InChI is InChI=1S/C24H19N7S/c32-24(27-22-15-14-18(28-30-22)16-8-2-1-3-9-16)26-21-13-7-6-12-20(21)25-23-17-10-4-5-11-19(17)29-31-23/h1-15H,(H2,25,29,31)(H2,26,27,30,32). The van der Waals surface area contributed by atoms with Crippen molar-refractivity contribution >= 4 is 51.2 Å². The van der Waals surface area contributed by atoms with E-state index in [1.165, 1.54) is 0 Å². The number of anilines is 4. The summed E-state index contributed by atoms with van der Waals surface area (Å²) in [6.45, 7) is 0. The van der Waals surface area contributed by atoms with Crippen LogP contribution in [-0.4, -0.2) is 25.5 Å². The van der Waals surface area contributed by atoms with Gasteiger partial charge in [-0.25, -0.2) is 0 Å². The van der Waals surface area contributed by atoms with Crippen LogP contribution >= 0.6 is 12.2 Å². The summed E-state index contributed by atoms with van der Waals surface area (Å²) in [5.74, 6) is 1.31. The molecular weight excluding hydrogens is 418 g/mol. The summed E-state index contributed by atoms with van der Waals surface area (Å²) in [6.07, 6.45) is 0.